The van der Waals surface area contributed by atoms with Crippen LogP contribution in [0.15, 0.2) is 18.7 Å². The maximum Gasteiger partial charge on any atom is 0.358 e. The van der Waals surface area contributed by atoms with E-state index in [1.54, 1.807) is 22.7 Å². The molecule has 3 heterocycles. The van der Waals surface area contributed by atoms with E-state index in [-0.39, 0.29) is 17.6 Å². The third kappa shape index (κ3) is 2.83. The van der Waals surface area contributed by atoms with Crippen LogP contribution in [0.2, 0.25) is 0 Å². The van der Waals surface area contributed by atoms with Gasteiger partial charge in [0.05, 0.1) is 13.3 Å². The van der Waals surface area contributed by atoms with Crippen LogP contribution in [-0.4, -0.2) is 57.6 Å². The molecule has 4 rings (SSSR count). The SMILES string of the molecule is COC(=O)c1cn(-c2ncc3c(n2)N(C2CCCC2)C(C)C(=O)N3C)cn1. The van der Waals surface area contributed by atoms with Crippen LogP contribution in [0.3, 0.4) is 0 Å². The maximum absolute atomic E-state index is 12.7. The number of fused-ring (bicyclic) bond motifs is 1. The first-order chi connectivity index (χ1) is 13.0. The van der Waals surface area contributed by atoms with Crippen LogP contribution in [0.5, 0.6) is 0 Å². The normalized spacial score (nSPS) is 20.1. The Kier molecular flexibility index (Phi) is 4.29. The van der Waals surface area contributed by atoms with Gasteiger partial charge in [-0.15, -0.1) is 0 Å². The van der Waals surface area contributed by atoms with Gasteiger partial charge in [-0.1, -0.05) is 12.8 Å². The number of methoxy groups -OCH3 is 1. The van der Waals surface area contributed by atoms with Crippen molar-refractivity contribution >= 4 is 23.4 Å². The Balaban J connectivity index is 1.77. The van der Waals surface area contributed by atoms with Crippen molar-refractivity contribution in [1.29, 1.82) is 0 Å². The molecule has 2 aromatic rings. The third-order valence-electron chi connectivity index (χ3n) is 5.37. The van der Waals surface area contributed by atoms with Crippen molar-refractivity contribution in [2.24, 2.45) is 0 Å². The molecule has 2 aliphatic rings. The zero-order valence-corrected chi connectivity index (χ0v) is 15.6. The molecule has 142 valence electrons. The number of esters is 1. The van der Waals surface area contributed by atoms with E-state index in [0.29, 0.717) is 17.7 Å². The lowest BCUT2D eigenvalue weighted by Gasteiger charge is -2.42. The number of hydrogen-bond acceptors (Lipinski definition) is 7. The first kappa shape index (κ1) is 17.4. The van der Waals surface area contributed by atoms with Gasteiger partial charge in [0.2, 0.25) is 11.9 Å². The Morgan fingerprint density at radius 1 is 1.26 bits per heavy atom. The van der Waals surface area contributed by atoms with Gasteiger partial charge in [0.25, 0.3) is 0 Å². The zero-order valence-electron chi connectivity index (χ0n) is 15.6. The molecule has 1 aliphatic carbocycles. The highest BCUT2D eigenvalue weighted by Gasteiger charge is 2.39. The average molecular weight is 370 g/mol. The summed E-state index contributed by atoms with van der Waals surface area (Å²) >= 11 is 0. The van der Waals surface area contributed by atoms with Gasteiger partial charge in [-0.3, -0.25) is 9.36 Å². The fraction of sp³-hybridized carbons (Fsp3) is 0.500. The van der Waals surface area contributed by atoms with Crippen LogP contribution in [0, 0.1) is 0 Å². The first-order valence-electron chi connectivity index (χ1n) is 9.07. The van der Waals surface area contributed by atoms with Crippen LogP contribution in [0.1, 0.15) is 43.1 Å². The molecule has 1 aliphatic heterocycles. The monoisotopic (exact) mass is 370 g/mol. The number of carbonyl (C=O) groups is 2. The molecule has 2 aromatic heterocycles. The highest BCUT2D eigenvalue weighted by Crippen LogP contribution is 2.38. The Labute approximate surface area is 157 Å². The molecule has 0 bridgehead atoms. The average Bonchev–Trinajstić information content (AvgIpc) is 3.37. The molecule has 0 radical (unpaired) electrons. The Hall–Kier alpha value is -2.97. The molecule has 0 saturated heterocycles. The van der Waals surface area contributed by atoms with E-state index in [9.17, 15) is 9.59 Å². The minimum Gasteiger partial charge on any atom is -0.464 e. The van der Waals surface area contributed by atoms with Crippen LogP contribution >= 0.6 is 0 Å². The summed E-state index contributed by atoms with van der Waals surface area (Å²) < 4.78 is 6.28. The molecule has 1 saturated carbocycles. The van der Waals surface area contributed by atoms with Crippen LogP contribution in [-0.2, 0) is 9.53 Å². The third-order valence-corrected chi connectivity index (χ3v) is 5.37. The first-order valence-corrected chi connectivity index (χ1v) is 9.07. The molecule has 0 N–H and O–H groups in total. The Morgan fingerprint density at radius 2 is 2.00 bits per heavy atom. The number of carbonyl (C=O) groups excluding carboxylic acids is 2. The summed E-state index contributed by atoms with van der Waals surface area (Å²) in [7, 11) is 3.06. The lowest BCUT2D eigenvalue weighted by molar-refractivity contribution is -0.119. The molecule has 1 fully saturated rings. The number of hydrogen-bond donors (Lipinski definition) is 0. The van der Waals surface area contributed by atoms with E-state index in [4.69, 9.17) is 9.72 Å². The van der Waals surface area contributed by atoms with Crippen molar-refractivity contribution in [3.63, 3.8) is 0 Å². The van der Waals surface area contributed by atoms with Gasteiger partial charge >= 0.3 is 5.97 Å². The number of likely N-dealkylation sites (N-methyl/N-ethyl adjacent to an activating group) is 1. The number of amides is 1. The smallest absolute Gasteiger partial charge is 0.358 e. The summed E-state index contributed by atoms with van der Waals surface area (Å²) in [6.45, 7) is 1.93. The van der Waals surface area contributed by atoms with Crippen molar-refractivity contribution in [3.05, 3.63) is 24.4 Å². The number of aromatic nitrogens is 4. The second kappa shape index (κ2) is 6.64. The van der Waals surface area contributed by atoms with Crippen molar-refractivity contribution in [1.82, 2.24) is 19.5 Å². The van der Waals surface area contributed by atoms with Crippen molar-refractivity contribution in [2.45, 2.75) is 44.7 Å². The molecule has 1 unspecified atom stereocenters. The molecule has 9 nitrogen and oxygen atoms in total. The molecular weight excluding hydrogens is 348 g/mol. The topological polar surface area (TPSA) is 93.5 Å². The predicted octanol–water partition coefficient (Wildman–Crippen LogP) is 1.56. The lowest BCUT2D eigenvalue weighted by atomic mass is 10.1. The minimum atomic E-state index is -0.516. The Morgan fingerprint density at radius 3 is 2.70 bits per heavy atom. The minimum absolute atomic E-state index is 0.0429. The van der Waals surface area contributed by atoms with Crippen molar-refractivity contribution in [3.8, 4) is 5.95 Å². The van der Waals surface area contributed by atoms with Gasteiger partial charge in [0, 0.05) is 19.3 Å². The second-order valence-corrected chi connectivity index (χ2v) is 6.96. The number of imidazole rings is 1. The summed E-state index contributed by atoms with van der Waals surface area (Å²) in [6, 6.07) is 0.0225. The molecule has 0 spiro atoms. The van der Waals surface area contributed by atoms with Gasteiger partial charge in [0.15, 0.2) is 11.5 Å². The molecule has 27 heavy (non-hydrogen) atoms. The highest BCUT2D eigenvalue weighted by atomic mass is 16.5. The van der Waals surface area contributed by atoms with Crippen molar-refractivity contribution < 1.29 is 14.3 Å². The van der Waals surface area contributed by atoms with Crippen LogP contribution < -0.4 is 9.80 Å². The largest absolute Gasteiger partial charge is 0.464 e. The zero-order chi connectivity index (χ0) is 19.1. The number of anilines is 2. The van der Waals surface area contributed by atoms with Gasteiger partial charge in [0.1, 0.15) is 18.1 Å². The molecule has 1 amide bonds. The van der Waals surface area contributed by atoms with Crippen molar-refractivity contribution in [2.75, 3.05) is 24.0 Å². The van der Waals surface area contributed by atoms with E-state index in [1.807, 2.05) is 6.92 Å². The molecule has 1 atom stereocenters. The van der Waals surface area contributed by atoms with Gasteiger partial charge < -0.3 is 14.5 Å². The quantitative estimate of drug-likeness (QED) is 0.757. The fourth-order valence-electron chi connectivity index (χ4n) is 3.92. The number of nitrogens with zero attached hydrogens (tertiary/aromatic N) is 6. The number of rotatable bonds is 3. The summed E-state index contributed by atoms with van der Waals surface area (Å²) in [5, 5.41) is 0. The van der Waals surface area contributed by atoms with E-state index in [2.05, 4.69) is 14.9 Å². The molecular formula is C18H22N6O3. The van der Waals surface area contributed by atoms with Crippen LogP contribution in [0.4, 0.5) is 11.5 Å². The van der Waals surface area contributed by atoms with Gasteiger partial charge in [-0.05, 0) is 19.8 Å². The molecule has 0 aromatic carbocycles. The fourth-order valence-corrected chi connectivity index (χ4v) is 3.92. The Bertz CT molecular complexity index is 889. The summed E-state index contributed by atoms with van der Waals surface area (Å²) in [5.74, 6) is 0.670. The standard InChI is InChI=1S/C18H22N6O3/c1-11-16(25)22(2)14-8-19-18(23-9-13(20-10-23)17(26)27-3)21-15(14)24(11)12-6-4-5-7-12/h8-12H,4-7H2,1-3H3. The highest BCUT2D eigenvalue weighted by molar-refractivity contribution is 6.04. The van der Waals surface area contributed by atoms with E-state index >= 15 is 0 Å². The van der Waals surface area contributed by atoms with Gasteiger partial charge in [-0.25, -0.2) is 14.8 Å². The summed E-state index contributed by atoms with van der Waals surface area (Å²) in [5.41, 5.74) is 0.884. The lowest BCUT2D eigenvalue weighted by Crippen LogP contribution is -2.54. The summed E-state index contributed by atoms with van der Waals surface area (Å²) in [6.07, 6.45) is 9.10. The molecule has 9 heteroatoms. The van der Waals surface area contributed by atoms with E-state index in [1.165, 1.54) is 19.6 Å². The van der Waals surface area contributed by atoms with E-state index in [0.717, 1.165) is 31.5 Å². The number of ether oxygens (including phenoxy) is 1. The predicted molar refractivity (Wildman–Crippen MR) is 98.1 cm³/mol. The van der Waals surface area contributed by atoms with E-state index < -0.39 is 5.97 Å². The van der Waals surface area contributed by atoms with Crippen LogP contribution in [0.25, 0.3) is 5.95 Å². The maximum atomic E-state index is 12.7. The summed E-state index contributed by atoms with van der Waals surface area (Å²) in [4.78, 5) is 41.2. The second-order valence-electron chi connectivity index (χ2n) is 6.96. The van der Waals surface area contributed by atoms with Gasteiger partial charge in [-0.2, -0.15) is 4.98 Å².